The lowest BCUT2D eigenvalue weighted by Gasteiger charge is -2.18. The summed E-state index contributed by atoms with van der Waals surface area (Å²) in [6, 6.07) is 0. The Morgan fingerprint density at radius 1 is 1.31 bits per heavy atom. The molecule has 80 valence electrons. The zero-order chi connectivity index (χ0) is 10.1. The molecule has 0 unspecified atom stereocenters. The molecule has 0 aliphatic rings. The first kappa shape index (κ1) is 12.8. The standard InChI is InChI=1S/C10H22FNO/c1-10(2)9-12(3)6-4-7-13-8-5-11/h10H,4-9H2,1-3H3. The Bertz CT molecular complexity index is 109. The Morgan fingerprint density at radius 2 is 2.00 bits per heavy atom. The predicted octanol–water partition coefficient (Wildman–Crippen LogP) is 1.95. The van der Waals surface area contributed by atoms with Crippen LogP contribution in [0.1, 0.15) is 20.3 Å². The van der Waals surface area contributed by atoms with Gasteiger partial charge in [-0.15, -0.1) is 0 Å². The molecule has 0 aliphatic heterocycles. The van der Waals surface area contributed by atoms with Crippen molar-refractivity contribution in [3.05, 3.63) is 0 Å². The van der Waals surface area contributed by atoms with Crippen LogP contribution < -0.4 is 0 Å². The molecule has 0 N–H and O–H groups in total. The number of ether oxygens (including phenoxy) is 1. The van der Waals surface area contributed by atoms with E-state index in [1.54, 1.807) is 0 Å². The Hall–Kier alpha value is -0.150. The van der Waals surface area contributed by atoms with E-state index in [2.05, 4.69) is 25.8 Å². The summed E-state index contributed by atoms with van der Waals surface area (Å²) in [6.45, 7) is 7.10. The second-order valence-corrected chi connectivity index (χ2v) is 3.81. The first-order chi connectivity index (χ1) is 6.16. The second-order valence-electron chi connectivity index (χ2n) is 3.81. The number of hydrogen-bond donors (Lipinski definition) is 0. The van der Waals surface area contributed by atoms with Crippen LogP contribution in [0.15, 0.2) is 0 Å². The van der Waals surface area contributed by atoms with Crippen molar-refractivity contribution in [3.8, 4) is 0 Å². The second kappa shape index (κ2) is 8.45. The summed E-state index contributed by atoms with van der Waals surface area (Å²) < 4.78 is 16.7. The molecule has 0 fully saturated rings. The minimum atomic E-state index is -0.373. The molecule has 0 rings (SSSR count). The van der Waals surface area contributed by atoms with Gasteiger partial charge in [-0.3, -0.25) is 0 Å². The number of alkyl halides is 1. The van der Waals surface area contributed by atoms with Gasteiger partial charge in [0.15, 0.2) is 0 Å². The van der Waals surface area contributed by atoms with Gasteiger partial charge in [0, 0.05) is 19.7 Å². The zero-order valence-electron chi connectivity index (χ0n) is 9.05. The summed E-state index contributed by atoms with van der Waals surface area (Å²) in [5.41, 5.74) is 0. The summed E-state index contributed by atoms with van der Waals surface area (Å²) in [7, 11) is 2.11. The van der Waals surface area contributed by atoms with Crippen LogP contribution in [0, 0.1) is 5.92 Å². The third-order valence-electron chi connectivity index (χ3n) is 1.73. The molecule has 0 spiro atoms. The van der Waals surface area contributed by atoms with Crippen molar-refractivity contribution in [2.45, 2.75) is 20.3 Å². The molecule has 0 saturated carbocycles. The fraction of sp³-hybridized carbons (Fsp3) is 1.00. The molecule has 0 amide bonds. The van der Waals surface area contributed by atoms with Gasteiger partial charge in [-0.25, -0.2) is 4.39 Å². The van der Waals surface area contributed by atoms with Crippen LogP contribution >= 0.6 is 0 Å². The van der Waals surface area contributed by atoms with Crippen molar-refractivity contribution >= 4 is 0 Å². The Kier molecular flexibility index (Phi) is 8.35. The highest BCUT2D eigenvalue weighted by molar-refractivity contribution is 4.54. The largest absolute Gasteiger partial charge is 0.379 e. The number of rotatable bonds is 8. The molecule has 0 radical (unpaired) electrons. The fourth-order valence-corrected chi connectivity index (χ4v) is 1.31. The van der Waals surface area contributed by atoms with Crippen LogP contribution in [-0.4, -0.2) is 44.9 Å². The molecule has 0 aromatic rings. The smallest absolute Gasteiger partial charge is 0.113 e. The molecule has 2 nitrogen and oxygen atoms in total. The molecule has 3 heteroatoms. The number of nitrogens with zero attached hydrogens (tertiary/aromatic N) is 1. The minimum Gasteiger partial charge on any atom is -0.379 e. The molecule has 0 aromatic heterocycles. The normalized spacial score (nSPS) is 11.5. The summed E-state index contributed by atoms with van der Waals surface area (Å²) in [5, 5.41) is 0. The van der Waals surface area contributed by atoms with E-state index in [1.165, 1.54) is 0 Å². The maximum Gasteiger partial charge on any atom is 0.113 e. The lowest BCUT2D eigenvalue weighted by atomic mass is 10.2. The van der Waals surface area contributed by atoms with Crippen molar-refractivity contribution in [1.29, 1.82) is 0 Å². The number of halogens is 1. The van der Waals surface area contributed by atoms with Gasteiger partial charge in [-0.1, -0.05) is 13.8 Å². The molecule has 0 heterocycles. The SMILES string of the molecule is CC(C)CN(C)CCCOCCF. The maximum atomic E-state index is 11.6. The van der Waals surface area contributed by atoms with Crippen molar-refractivity contribution < 1.29 is 9.13 Å². The first-order valence-corrected chi connectivity index (χ1v) is 4.99. The van der Waals surface area contributed by atoms with Crippen LogP contribution in [0.4, 0.5) is 4.39 Å². The van der Waals surface area contributed by atoms with Gasteiger partial charge in [0.1, 0.15) is 6.67 Å². The highest BCUT2D eigenvalue weighted by Crippen LogP contribution is 1.96. The molecule has 13 heavy (non-hydrogen) atoms. The van der Waals surface area contributed by atoms with Gasteiger partial charge in [0.05, 0.1) is 6.61 Å². The highest BCUT2D eigenvalue weighted by Gasteiger charge is 2.00. The Morgan fingerprint density at radius 3 is 2.54 bits per heavy atom. The summed E-state index contributed by atoms with van der Waals surface area (Å²) in [6.07, 6.45) is 0.989. The van der Waals surface area contributed by atoms with Crippen LogP contribution in [-0.2, 0) is 4.74 Å². The molecule has 0 bridgehead atoms. The zero-order valence-corrected chi connectivity index (χ0v) is 9.05. The van der Waals surface area contributed by atoms with Crippen molar-refractivity contribution in [3.63, 3.8) is 0 Å². The highest BCUT2D eigenvalue weighted by atomic mass is 19.1. The quantitative estimate of drug-likeness (QED) is 0.544. The lowest BCUT2D eigenvalue weighted by molar-refractivity contribution is 0.109. The monoisotopic (exact) mass is 191 g/mol. The average Bonchev–Trinajstić information content (AvgIpc) is 2.02. The summed E-state index contributed by atoms with van der Waals surface area (Å²) >= 11 is 0. The van der Waals surface area contributed by atoms with Crippen molar-refractivity contribution in [2.75, 3.05) is 40.0 Å². The topological polar surface area (TPSA) is 12.5 Å². The molecular weight excluding hydrogens is 169 g/mol. The molecule has 0 saturated heterocycles. The van der Waals surface area contributed by atoms with Gasteiger partial charge in [-0.05, 0) is 19.4 Å². The summed E-state index contributed by atoms with van der Waals surface area (Å²) in [5.74, 6) is 0.705. The van der Waals surface area contributed by atoms with Crippen LogP contribution in [0.5, 0.6) is 0 Å². The fourth-order valence-electron chi connectivity index (χ4n) is 1.31. The van der Waals surface area contributed by atoms with Gasteiger partial charge in [-0.2, -0.15) is 0 Å². The third kappa shape index (κ3) is 9.77. The van der Waals surface area contributed by atoms with Crippen molar-refractivity contribution in [1.82, 2.24) is 4.90 Å². The minimum absolute atomic E-state index is 0.244. The van der Waals surface area contributed by atoms with E-state index in [0.29, 0.717) is 12.5 Å². The average molecular weight is 191 g/mol. The molecule has 0 atom stereocenters. The molecular formula is C10H22FNO. The van der Waals surface area contributed by atoms with Gasteiger partial charge in [0.25, 0.3) is 0 Å². The molecule has 0 aliphatic carbocycles. The molecule has 0 aromatic carbocycles. The van der Waals surface area contributed by atoms with E-state index in [1.807, 2.05) is 0 Å². The Balaban J connectivity index is 3.12. The van der Waals surface area contributed by atoms with Gasteiger partial charge < -0.3 is 9.64 Å². The van der Waals surface area contributed by atoms with Gasteiger partial charge in [0.2, 0.25) is 0 Å². The van der Waals surface area contributed by atoms with Gasteiger partial charge >= 0.3 is 0 Å². The van der Waals surface area contributed by atoms with E-state index in [9.17, 15) is 4.39 Å². The van der Waals surface area contributed by atoms with E-state index < -0.39 is 0 Å². The van der Waals surface area contributed by atoms with E-state index >= 15 is 0 Å². The van der Waals surface area contributed by atoms with E-state index in [0.717, 1.165) is 19.5 Å². The third-order valence-corrected chi connectivity index (χ3v) is 1.73. The summed E-state index contributed by atoms with van der Waals surface area (Å²) in [4.78, 5) is 2.28. The van der Waals surface area contributed by atoms with Crippen LogP contribution in [0.25, 0.3) is 0 Å². The van der Waals surface area contributed by atoms with E-state index in [4.69, 9.17) is 4.74 Å². The Labute approximate surface area is 81.1 Å². The maximum absolute atomic E-state index is 11.6. The van der Waals surface area contributed by atoms with Crippen molar-refractivity contribution in [2.24, 2.45) is 5.92 Å². The van der Waals surface area contributed by atoms with E-state index in [-0.39, 0.29) is 13.3 Å². The first-order valence-electron chi connectivity index (χ1n) is 4.99. The number of hydrogen-bond acceptors (Lipinski definition) is 2. The van der Waals surface area contributed by atoms with Crippen LogP contribution in [0.3, 0.4) is 0 Å². The lowest BCUT2D eigenvalue weighted by Crippen LogP contribution is -2.25. The predicted molar refractivity (Wildman–Crippen MR) is 53.7 cm³/mol. The van der Waals surface area contributed by atoms with Crippen LogP contribution in [0.2, 0.25) is 0 Å².